The topological polar surface area (TPSA) is 12.0 Å². The Kier molecular flexibility index (Phi) is 13.6. The third kappa shape index (κ3) is 9.35. The summed E-state index contributed by atoms with van der Waals surface area (Å²) in [5, 5.41) is 3.91. The molecule has 0 aromatic rings. The van der Waals surface area contributed by atoms with Crippen LogP contribution in [-0.2, 0) is 0 Å². The Balaban J connectivity index is 0.00000675. The molecule has 1 N–H and O–H groups in total. The number of rotatable bonds is 6. The van der Waals surface area contributed by atoms with Crippen molar-refractivity contribution in [2.75, 3.05) is 0 Å². The second-order valence-corrected chi connectivity index (χ2v) is 12.3. The van der Waals surface area contributed by atoms with Crippen molar-refractivity contribution in [3.8, 4) is 0 Å². The summed E-state index contributed by atoms with van der Waals surface area (Å²) in [5.74, 6) is 0.635. The first-order valence-electron chi connectivity index (χ1n) is 16.8. The maximum atomic E-state index is 4.59. The van der Waals surface area contributed by atoms with E-state index in [1.165, 1.54) is 50.3 Å². The Morgan fingerprint density at radius 2 is 1.88 bits per heavy atom. The summed E-state index contributed by atoms with van der Waals surface area (Å²) in [6.45, 7) is 22.7. The van der Waals surface area contributed by atoms with Gasteiger partial charge in [-0.3, -0.25) is 0 Å². The first-order chi connectivity index (χ1) is 20.8. The molecule has 0 saturated carbocycles. The normalized spacial score (nSPS) is 30.6. The van der Waals surface area contributed by atoms with Crippen LogP contribution >= 0.6 is 0 Å². The fraction of sp³-hybridized carbons (Fsp3) is 0.452. The minimum atomic E-state index is 0. The molecule has 4 aliphatic rings. The summed E-state index contributed by atoms with van der Waals surface area (Å²) in [4.78, 5) is 0. The van der Waals surface area contributed by atoms with E-state index in [9.17, 15) is 0 Å². The lowest BCUT2D eigenvalue weighted by atomic mass is 9.89. The molecule has 0 radical (unpaired) electrons. The van der Waals surface area contributed by atoms with Gasteiger partial charge in [0.05, 0.1) is 6.04 Å². The SMILES string of the molecule is C=C1C/C=C2\C=C\C[C@H](/C=C/C(=C/C=C\C)C(C)/C=C/[C@@H]3N/C(=C\C(=C(/CC)CCC)C1)C(CC)=C3C)C(C)=C=C2CC.[HH]. The van der Waals surface area contributed by atoms with Crippen LogP contribution in [0.2, 0.25) is 0 Å². The molecule has 4 rings (SSSR count). The summed E-state index contributed by atoms with van der Waals surface area (Å²) in [6.07, 6.45) is 33.7. The lowest BCUT2D eigenvalue weighted by Crippen LogP contribution is -2.21. The first kappa shape index (κ1) is 34.2. The molecule has 3 atom stereocenters. The molecule has 0 spiro atoms. The molecule has 0 fully saturated rings. The van der Waals surface area contributed by atoms with Crippen molar-refractivity contribution in [1.29, 1.82) is 0 Å². The highest BCUT2D eigenvalue weighted by atomic mass is 15.0. The standard InChI is InChI=1S/C42H57N.H2/c1-10-15-18-36-24-25-37-19-16-20-38(35(13-4)28-32(37)8)23-21-30(6)27-39(34(12-3)17-11-2)29-42-40(14-5)33(9)41(43-42)26-22-31(36)7;/h10,15-16,18,20,22-26,29,31,37,41,43H,6,11-14,17,19,21,27H2,1-5,7-9H3;1H/b15-10-,20-16+,25-24+,26-22+,36-18-,38-23+,39-34+,42-29-;/t28?,31?,37-,41+;/m1./s1. The van der Waals surface area contributed by atoms with E-state index in [1.54, 1.807) is 5.57 Å². The molecule has 1 unspecified atom stereocenters. The monoisotopic (exact) mass is 577 g/mol. The van der Waals surface area contributed by atoms with E-state index in [0.29, 0.717) is 11.8 Å². The van der Waals surface area contributed by atoms with Gasteiger partial charge in [-0.2, -0.15) is 0 Å². The van der Waals surface area contributed by atoms with Crippen molar-refractivity contribution >= 4 is 0 Å². The molecule has 3 heterocycles. The van der Waals surface area contributed by atoms with Gasteiger partial charge in [0.15, 0.2) is 0 Å². The molecule has 232 valence electrons. The van der Waals surface area contributed by atoms with Gasteiger partial charge in [-0.05, 0) is 111 Å². The van der Waals surface area contributed by atoms with Crippen LogP contribution in [0.1, 0.15) is 108 Å². The fourth-order valence-corrected chi connectivity index (χ4v) is 6.38. The molecule has 0 amide bonds. The Bertz CT molecular complexity index is 1370. The van der Waals surface area contributed by atoms with Crippen LogP contribution in [0.5, 0.6) is 0 Å². The highest BCUT2D eigenvalue weighted by Crippen LogP contribution is 2.33. The predicted octanol–water partition coefficient (Wildman–Crippen LogP) is 12.3. The minimum absolute atomic E-state index is 0. The molecule has 1 nitrogen and oxygen atoms in total. The van der Waals surface area contributed by atoms with Gasteiger partial charge in [-0.1, -0.05) is 120 Å². The lowest BCUT2D eigenvalue weighted by molar-refractivity contribution is 0.766. The van der Waals surface area contributed by atoms with Gasteiger partial charge in [0.2, 0.25) is 0 Å². The number of fused-ring (bicyclic) bond motifs is 9. The van der Waals surface area contributed by atoms with Gasteiger partial charge in [0.1, 0.15) is 0 Å². The summed E-state index contributed by atoms with van der Waals surface area (Å²) in [5.41, 5.74) is 17.5. The number of nitrogens with one attached hydrogen (secondary N) is 1. The van der Waals surface area contributed by atoms with Crippen molar-refractivity contribution in [2.24, 2.45) is 11.8 Å². The predicted molar refractivity (Wildman–Crippen MR) is 193 cm³/mol. The maximum Gasteiger partial charge on any atom is 0.0661 e. The highest BCUT2D eigenvalue weighted by molar-refractivity contribution is 5.49. The van der Waals surface area contributed by atoms with Crippen LogP contribution in [0, 0.1) is 11.8 Å². The smallest absolute Gasteiger partial charge is 0.0661 e. The van der Waals surface area contributed by atoms with Crippen LogP contribution in [-0.4, -0.2) is 6.04 Å². The van der Waals surface area contributed by atoms with Crippen LogP contribution < -0.4 is 5.32 Å². The molecule has 0 aromatic heterocycles. The molecular formula is C42H59N. The summed E-state index contributed by atoms with van der Waals surface area (Å²) in [6, 6.07) is 0.221. The molecule has 3 aliphatic heterocycles. The van der Waals surface area contributed by atoms with Crippen molar-refractivity contribution in [2.45, 2.75) is 113 Å². The van der Waals surface area contributed by atoms with E-state index < -0.39 is 0 Å². The van der Waals surface area contributed by atoms with Crippen molar-refractivity contribution in [3.05, 3.63) is 135 Å². The van der Waals surface area contributed by atoms with Gasteiger partial charge in [0, 0.05) is 18.6 Å². The molecule has 1 heteroatoms. The first-order valence-corrected chi connectivity index (χ1v) is 16.8. The third-order valence-corrected chi connectivity index (χ3v) is 9.15. The van der Waals surface area contributed by atoms with Crippen LogP contribution in [0.15, 0.2) is 135 Å². The van der Waals surface area contributed by atoms with Crippen LogP contribution in [0.4, 0.5) is 0 Å². The Morgan fingerprint density at radius 1 is 1.09 bits per heavy atom. The minimum Gasteiger partial charge on any atom is -0.375 e. The number of hydrogen-bond donors (Lipinski definition) is 1. The van der Waals surface area contributed by atoms with Gasteiger partial charge in [-0.25, -0.2) is 0 Å². The lowest BCUT2D eigenvalue weighted by Gasteiger charge is -2.17. The van der Waals surface area contributed by atoms with Crippen LogP contribution in [0.3, 0.4) is 0 Å². The molecule has 0 saturated heterocycles. The fourth-order valence-electron chi connectivity index (χ4n) is 6.38. The van der Waals surface area contributed by atoms with E-state index in [2.05, 4.69) is 140 Å². The van der Waals surface area contributed by atoms with Gasteiger partial charge < -0.3 is 5.32 Å². The molecule has 0 aromatic carbocycles. The van der Waals surface area contributed by atoms with E-state index >= 15 is 0 Å². The second-order valence-electron chi connectivity index (χ2n) is 12.3. The molecule has 43 heavy (non-hydrogen) atoms. The Labute approximate surface area is 265 Å². The van der Waals surface area contributed by atoms with Crippen molar-refractivity contribution in [3.63, 3.8) is 0 Å². The Hall–Kier alpha value is -3.28. The number of hydrogen-bond acceptors (Lipinski definition) is 1. The number of allylic oxidation sites excluding steroid dienone is 17. The highest BCUT2D eigenvalue weighted by Gasteiger charge is 2.24. The van der Waals surface area contributed by atoms with Crippen LogP contribution in [0.25, 0.3) is 0 Å². The van der Waals surface area contributed by atoms with E-state index in [1.807, 2.05) is 0 Å². The summed E-state index contributed by atoms with van der Waals surface area (Å²) in [7, 11) is 0. The van der Waals surface area contributed by atoms with E-state index in [4.69, 9.17) is 0 Å². The van der Waals surface area contributed by atoms with Gasteiger partial charge >= 0.3 is 0 Å². The third-order valence-electron chi connectivity index (χ3n) is 9.15. The zero-order valence-electron chi connectivity index (χ0n) is 28.4. The van der Waals surface area contributed by atoms with Gasteiger partial charge in [-0.15, -0.1) is 5.73 Å². The largest absolute Gasteiger partial charge is 0.375 e. The van der Waals surface area contributed by atoms with E-state index in [0.717, 1.165) is 51.4 Å². The second kappa shape index (κ2) is 17.1. The van der Waals surface area contributed by atoms with Gasteiger partial charge in [0.25, 0.3) is 0 Å². The maximum absolute atomic E-state index is 4.59. The zero-order chi connectivity index (χ0) is 31.4. The average Bonchev–Trinajstić information content (AvgIpc) is 3.29. The quantitative estimate of drug-likeness (QED) is 0.244. The molecule has 1 aliphatic carbocycles. The molecule has 4 bridgehead atoms. The van der Waals surface area contributed by atoms with Crippen molar-refractivity contribution < 1.29 is 1.43 Å². The molecular weight excluding hydrogens is 518 g/mol. The Morgan fingerprint density at radius 3 is 2.56 bits per heavy atom. The average molecular weight is 578 g/mol. The van der Waals surface area contributed by atoms with Crippen molar-refractivity contribution in [1.82, 2.24) is 5.32 Å². The zero-order valence-corrected chi connectivity index (χ0v) is 28.4. The summed E-state index contributed by atoms with van der Waals surface area (Å²) < 4.78 is 0. The summed E-state index contributed by atoms with van der Waals surface area (Å²) >= 11 is 0. The van der Waals surface area contributed by atoms with E-state index in [-0.39, 0.29) is 7.47 Å².